The van der Waals surface area contributed by atoms with Gasteiger partial charge in [0.1, 0.15) is 11.5 Å². The molecule has 0 atom stereocenters. The van der Waals surface area contributed by atoms with Crippen LogP contribution in [0.4, 0.5) is 0 Å². The second-order valence-electron chi connectivity index (χ2n) is 3.88. The Morgan fingerprint density at radius 2 is 1.61 bits per heavy atom. The van der Waals surface area contributed by atoms with Gasteiger partial charge in [0.2, 0.25) is 6.41 Å². The number of ether oxygens (including phenoxy) is 1. The van der Waals surface area contributed by atoms with E-state index in [4.69, 9.17) is 4.74 Å². The summed E-state index contributed by atoms with van der Waals surface area (Å²) in [5, 5.41) is 2.64. The molecule has 0 saturated carbocycles. The fraction of sp³-hybridized carbons (Fsp3) is 0.133. The van der Waals surface area contributed by atoms with Crippen LogP contribution in [-0.4, -0.2) is 13.0 Å². The van der Waals surface area contributed by atoms with Gasteiger partial charge in [-0.2, -0.15) is 0 Å². The molecule has 0 radical (unpaired) electrons. The lowest BCUT2D eigenvalue weighted by Crippen LogP contribution is -2.14. The summed E-state index contributed by atoms with van der Waals surface area (Å²) in [4.78, 5) is 10.1. The monoisotopic (exact) mass is 241 g/mol. The van der Waals surface area contributed by atoms with E-state index in [9.17, 15) is 4.79 Å². The van der Waals surface area contributed by atoms with Gasteiger partial charge in [-0.15, -0.1) is 0 Å². The summed E-state index contributed by atoms with van der Waals surface area (Å²) in [6.45, 7) is 0.655. The summed E-state index contributed by atoms with van der Waals surface area (Å²) < 4.78 is 5.69. The summed E-state index contributed by atoms with van der Waals surface area (Å²) in [6, 6.07) is 17.5. The third-order valence-electron chi connectivity index (χ3n) is 2.54. The molecule has 0 heterocycles. The summed E-state index contributed by atoms with van der Waals surface area (Å²) >= 11 is 0. The molecule has 92 valence electrons. The highest BCUT2D eigenvalue weighted by atomic mass is 16.5. The maximum absolute atomic E-state index is 10.1. The van der Waals surface area contributed by atoms with Crippen LogP contribution in [0.2, 0.25) is 0 Å². The molecule has 1 amide bonds. The Morgan fingerprint density at radius 1 is 0.944 bits per heavy atom. The molecule has 0 aliphatic carbocycles. The van der Waals surface area contributed by atoms with Crippen LogP contribution < -0.4 is 10.1 Å². The molecule has 0 saturated heterocycles. The highest BCUT2D eigenvalue weighted by molar-refractivity contribution is 5.45. The molecule has 2 aromatic carbocycles. The van der Waals surface area contributed by atoms with Gasteiger partial charge >= 0.3 is 0 Å². The molecule has 2 rings (SSSR count). The van der Waals surface area contributed by atoms with Gasteiger partial charge < -0.3 is 10.1 Å². The van der Waals surface area contributed by atoms with Gasteiger partial charge in [0.25, 0.3) is 0 Å². The van der Waals surface area contributed by atoms with Crippen molar-refractivity contribution in [2.75, 3.05) is 6.54 Å². The van der Waals surface area contributed by atoms with E-state index in [2.05, 4.69) is 5.32 Å². The summed E-state index contributed by atoms with van der Waals surface area (Å²) in [6.07, 6.45) is 1.54. The molecule has 0 spiro atoms. The van der Waals surface area contributed by atoms with Crippen molar-refractivity contribution in [1.82, 2.24) is 5.32 Å². The summed E-state index contributed by atoms with van der Waals surface area (Å²) in [7, 11) is 0. The van der Waals surface area contributed by atoms with E-state index in [1.807, 2.05) is 54.6 Å². The Bertz CT molecular complexity index is 480. The predicted octanol–water partition coefficient (Wildman–Crippen LogP) is 2.77. The fourth-order valence-electron chi connectivity index (χ4n) is 1.62. The van der Waals surface area contributed by atoms with Gasteiger partial charge in [0.05, 0.1) is 0 Å². The van der Waals surface area contributed by atoms with E-state index in [-0.39, 0.29) is 0 Å². The smallest absolute Gasteiger partial charge is 0.207 e. The highest BCUT2D eigenvalue weighted by Gasteiger charge is 1.97. The van der Waals surface area contributed by atoms with E-state index in [1.54, 1.807) is 0 Å². The lowest BCUT2D eigenvalue weighted by molar-refractivity contribution is -0.109. The minimum absolute atomic E-state index is 0.655. The van der Waals surface area contributed by atoms with Crippen molar-refractivity contribution in [3.63, 3.8) is 0 Å². The number of carbonyl (C=O) groups is 1. The molecule has 18 heavy (non-hydrogen) atoms. The van der Waals surface area contributed by atoms with Gasteiger partial charge in [-0.1, -0.05) is 30.3 Å². The van der Waals surface area contributed by atoms with E-state index >= 15 is 0 Å². The van der Waals surface area contributed by atoms with E-state index in [1.165, 1.54) is 5.56 Å². The topological polar surface area (TPSA) is 38.3 Å². The summed E-state index contributed by atoms with van der Waals surface area (Å²) in [5.74, 6) is 1.64. The van der Waals surface area contributed by atoms with Crippen LogP contribution in [0.25, 0.3) is 0 Å². The van der Waals surface area contributed by atoms with Crippen molar-refractivity contribution >= 4 is 6.41 Å². The van der Waals surface area contributed by atoms with Gasteiger partial charge in [-0.05, 0) is 36.2 Å². The average molecular weight is 241 g/mol. The number of hydrogen-bond acceptors (Lipinski definition) is 2. The second-order valence-corrected chi connectivity index (χ2v) is 3.88. The number of para-hydroxylation sites is 1. The Hall–Kier alpha value is -2.29. The van der Waals surface area contributed by atoms with Crippen molar-refractivity contribution in [1.29, 1.82) is 0 Å². The zero-order valence-corrected chi connectivity index (χ0v) is 10.0. The normalized spacial score (nSPS) is 9.78. The van der Waals surface area contributed by atoms with E-state index < -0.39 is 0 Å². The van der Waals surface area contributed by atoms with Gasteiger partial charge in [0, 0.05) is 6.54 Å². The molecule has 0 fully saturated rings. The molecule has 1 N–H and O–H groups in total. The Balaban J connectivity index is 1.93. The number of benzene rings is 2. The van der Waals surface area contributed by atoms with Crippen molar-refractivity contribution < 1.29 is 9.53 Å². The van der Waals surface area contributed by atoms with Gasteiger partial charge in [0.15, 0.2) is 0 Å². The van der Waals surface area contributed by atoms with Crippen LogP contribution in [0.3, 0.4) is 0 Å². The second kappa shape index (κ2) is 6.45. The van der Waals surface area contributed by atoms with Crippen LogP contribution in [0, 0.1) is 0 Å². The molecule has 0 aliphatic heterocycles. The first-order valence-electron chi connectivity index (χ1n) is 5.87. The third-order valence-corrected chi connectivity index (χ3v) is 2.54. The molecule has 0 bridgehead atoms. The third kappa shape index (κ3) is 3.63. The first kappa shape index (κ1) is 12.2. The molecule has 0 unspecified atom stereocenters. The molecule has 3 heteroatoms. The number of rotatable bonds is 6. The Kier molecular flexibility index (Phi) is 4.36. The predicted molar refractivity (Wildman–Crippen MR) is 70.7 cm³/mol. The molecule has 0 aromatic heterocycles. The van der Waals surface area contributed by atoms with E-state index in [0.717, 1.165) is 17.9 Å². The maximum Gasteiger partial charge on any atom is 0.207 e. The van der Waals surface area contributed by atoms with Crippen LogP contribution in [-0.2, 0) is 11.2 Å². The number of hydrogen-bond donors (Lipinski definition) is 1. The van der Waals surface area contributed by atoms with Crippen molar-refractivity contribution in [2.24, 2.45) is 0 Å². The van der Waals surface area contributed by atoms with Gasteiger partial charge in [-0.25, -0.2) is 0 Å². The van der Waals surface area contributed by atoms with Crippen molar-refractivity contribution in [3.8, 4) is 11.5 Å². The Labute approximate surface area is 106 Å². The highest BCUT2D eigenvalue weighted by Crippen LogP contribution is 2.21. The van der Waals surface area contributed by atoms with Crippen molar-refractivity contribution in [3.05, 3.63) is 60.2 Å². The lowest BCUT2D eigenvalue weighted by Gasteiger charge is -2.06. The van der Waals surface area contributed by atoms with Crippen molar-refractivity contribution in [2.45, 2.75) is 6.42 Å². The Morgan fingerprint density at radius 3 is 2.28 bits per heavy atom. The van der Waals surface area contributed by atoms with E-state index in [0.29, 0.717) is 13.0 Å². The standard InChI is InChI=1S/C15H15NO2/c17-12-16-11-10-13-6-8-15(9-7-13)18-14-4-2-1-3-5-14/h1-9,12H,10-11H2,(H,16,17). The maximum atomic E-state index is 10.1. The minimum atomic E-state index is 0.655. The largest absolute Gasteiger partial charge is 0.457 e. The molecule has 0 aliphatic rings. The SMILES string of the molecule is O=CNCCc1ccc(Oc2ccccc2)cc1. The molecule has 2 aromatic rings. The number of nitrogens with one attached hydrogen (secondary N) is 1. The molecular weight excluding hydrogens is 226 g/mol. The van der Waals surface area contributed by atoms with Gasteiger partial charge in [-0.3, -0.25) is 4.79 Å². The quantitative estimate of drug-likeness (QED) is 0.624. The van der Waals surface area contributed by atoms with Crippen LogP contribution in [0.5, 0.6) is 11.5 Å². The zero-order valence-electron chi connectivity index (χ0n) is 10.0. The zero-order chi connectivity index (χ0) is 12.6. The fourth-order valence-corrected chi connectivity index (χ4v) is 1.62. The first-order valence-corrected chi connectivity index (χ1v) is 5.87. The minimum Gasteiger partial charge on any atom is -0.457 e. The number of carbonyl (C=O) groups excluding carboxylic acids is 1. The van der Waals surface area contributed by atoms with Crippen LogP contribution >= 0.6 is 0 Å². The first-order chi connectivity index (χ1) is 8.88. The molecular formula is C15H15NO2. The number of amides is 1. The molecule has 3 nitrogen and oxygen atoms in total. The average Bonchev–Trinajstić information content (AvgIpc) is 2.42. The lowest BCUT2D eigenvalue weighted by atomic mass is 10.1. The van der Waals surface area contributed by atoms with Crippen LogP contribution in [0.1, 0.15) is 5.56 Å². The van der Waals surface area contributed by atoms with Crippen LogP contribution in [0.15, 0.2) is 54.6 Å². The summed E-state index contributed by atoms with van der Waals surface area (Å²) in [5.41, 5.74) is 1.17.